The molecule has 0 bridgehead atoms. The molecule has 1 unspecified atom stereocenters. The van der Waals surface area contributed by atoms with Crippen molar-refractivity contribution in [2.75, 3.05) is 6.61 Å². The number of ketones is 1. The third-order valence-electron chi connectivity index (χ3n) is 4.67. The fraction of sp³-hybridized carbons (Fsp3) is 0.286. The van der Waals surface area contributed by atoms with Crippen molar-refractivity contribution in [2.45, 2.75) is 26.2 Å². The lowest BCUT2D eigenvalue weighted by Gasteiger charge is -2.27. The van der Waals surface area contributed by atoms with Crippen molar-refractivity contribution in [1.82, 2.24) is 0 Å². The van der Waals surface area contributed by atoms with Gasteiger partial charge in [-0.2, -0.15) is 11.3 Å². The van der Waals surface area contributed by atoms with E-state index in [-0.39, 0.29) is 12.4 Å². The van der Waals surface area contributed by atoms with E-state index in [4.69, 9.17) is 4.74 Å². The van der Waals surface area contributed by atoms with Gasteiger partial charge in [-0.25, -0.2) is 4.79 Å². The Morgan fingerprint density at radius 2 is 1.96 bits per heavy atom. The number of thiophene rings is 1. The predicted octanol–water partition coefficient (Wildman–Crippen LogP) is 4.54. The third-order valence-corrected chi connectivity index (χ3v) is 5.30. The highest BCUT2D eigenvalue weighted by molar-refractivity contribution is 7.07. The molecule has 1 atom stereocenters. The van der Waals surface area contributed by atoms with Crippen LogP contribution in [0.3, 0.4) is 0 Å². The van der Waals surface area contributed by atoms with Gasteiger partial charge in [-0.3, -0.25) is 9.59 Å². The molecule has 1 aromatic rings. The van der Waals surface area contributed by atoms with Gasteiger partial charge < -0.3 is 9.47 Å². The molecule has 6 heteroatoms. The van der Waals surface area contributed by atoms with E-state index in [1.807, 2.05) is 47.2 Å². The van der Waals surface area contributed by atoms with E-state index >= 15 is 0 Å². The van der Waals surface area contributed by atoms with Crippen molar-refractivity contribution < 1.29 is 23.9 Å². The zero-order chi connectivity index (χ0) is 19.3. The summed E-state index contributed by atoms with van der Waals surface area (Å²) < 4.78 is 9.43. The SMILES string of the molecule is CCOC(=O)OC(=O)C1(C2=CC=C3C=CC=C32)CCCC1=O.c1ccsc1. The monoisotopic (exact) mass is 384 g/mol. The number of rotatable bonds is 3. The number of carbonyl (C=O) groups excluding carboxylic acids is 3. The first kappa shape index (κ1) is 19.0. The summed E-state index contributed by atoms with van der Waals surface area (Å²) in [5.41, 5.74) is 1.07. The average molecular weight is 384 g/mol. The molecule has 0 saturated heterocycles. The molecule has 1 aromatic heterocycles. The summed E-state index contributed by atoms with van der Waals surface area (Å²) in [5.74, 6) is -1.03. The lowest BCUT2D eigenvalue weighted by molar-refractivity contribution is -0.152. The lowest BCUT2D eigenvalue weighted by Crippen LogP contribution is -2.40. The maximum absolute atomic E-state index is 12.6. The Hall–Kier alpha value is -2.73. The molecule has 1 fully saturated rings. The number of hydrogen-bond donors (Lipinski definition) is 0. The Morgan fingerprint density at radius 3 is 2.56 bits per heavy atom. The summed E-state index contributed by atoms with van der Waals surface area (Å²) in [4.78, 5) is 36.5. The zero-order valence-electron chi connectivity index (χ0n) is 15.0. The second-order valence-corrected chi connectivity index (χ2v) is 7.01. The predicted molar refractivity (Wildman–Crippen MR) is 102 cm³/mol. The molecule has 27 heavy (non-hydrogen) atoms. The van der Waals surface area contributed by atoms with Crippen LogP contribution in [-0.4, -0.2) is 24.5 Å². The van der Waals surface area contributed by atoms with Gasteiger partial charge in [0.2, 0.25) is 0 Å². The summed E-state index contributed by atoms with van der Waals surface area (Å²) in [6.45, 7) is 1.73. The largest absolute Gasteiger partial charge is 0.516 e. The molecule has 1 saturated carbocycles. The van der Waals surface area contributed by atoms with Gasteiger partial charge in [0, 0.05) is 6.42 Å². The fourth-order valence-corrected chi connectivity index (χ4v) is 3.93. The Balaban J connectivity index is 0.000000364. The molecule has 3 aliphatic rings. The van der Waals surface area contributed by atoms with E-state index in [1.54, 1.807) is 24.3 Å². The molecule has 5 nitrogen and oxygen atoms in total. The van der Waals surface area contributed by atoms with Crippen molar-refractivity contribution in [1.29, 1.82) is 0 Å². The molecular formula is C21H20O5S. The number of esters is 1. The van der Waals surface area contributed by atoms with Crippen molar-refractivity contribution in [3.8, 4) is 0 Å². The van der Waals surface area contributed by atoms with Crippen LogP contribution in [0.5, 0.6) is 0 Å². The van der Waals surface area contributed by atoms with Crippen LogP contribution in [0.1, 0.15) is 26.2 Å². The van der Waals surface area contributed by atoms with E-state index in [1.165, 1.54) is 0 Å². The second-order valence-electron chi connectivity index (χ2n) is 6.19. The van der Waals surface area contributed by atoms with Gasteiger partial charge in [-0.05, 0) is 47.2 Å². The summed E-state index contributed by atoms with van der Waals surface area (Å²) in [6.07, 6.45) is 9.52. The summed E-state index contributed by atoms with van der Waals surface area (Å²) >= 11 is 1.71. The number of ether oxygens (including phenoxy) is 2. The maximum Gasteiger partial charge on any atom is 0.516 e. The van der Waals surface area contributed by atoms with Gasteiger partial charge in [0.15, 0.2) is 11.2 Å². The van der Waals surface area contributed by atoms with Crippen molar-refractivity contribution in [2.24, 2.45) is 5.41 Å². The number of fused-ring (bicyclic) bond motifs is 1. The minimum atomic E-state index is -1.39. The van der Waals surface area contributed by atoms with Crippen LogP contribution in [0, 0.1) is 5.41 Å². The van der Waals surface area contributed by atoms with E-state index in [2.05, 4.69) is 4.74 Å². The Labute approximate surface area is 161 Å². The van der Waals surface area contributed by atoms with E-state index in [9.17, 15) is 14.4 Å². The Morgan fingerprint density at radius 1 is 1.19 bits per heavy atom. The molecule has 0 spiro atoms. The van der Waals surface area contributed by atoms with E-state index < -0.39 is 17.5 Å². The van der Waals surface area contributed by atoms with Crippen LogP contribution in [0.2, 0.25) is 0 Å². The van der Waals surface area contributed by atoms with Crippen molar-refractivity contribution >= 4 is 29.2 Å². The first-order valence-electron chi connectivity index (χ1n) is 8.80. The molecule has 0 amide bonds. The molecular weight excluding hydrogens is 364 g/mol. The van der Waals surface area contributed by atoms with Gasteiger partial charge in [0.05, 0.1) is 6.61 Å². The van der Waals surface area contributed by atoms with Crippen molar-refractivity contribution in [3.05, 3.63) is 70.0 Å². The van der Waals surface area contributed by atoms with E-state index in [0.717, 1.165) is 11.1 Å². The number of Topliss-reactive ketones (excluding diaryl/α,β-unsaturated/α-hetero) is 1. The molecule has 0 aromatic carbocycles. The first-order chi connectivity index (χ1) is 13.1. The van der Waals surface area contributed by atoms with Crippen LogP contribution >= 0.6 is 11.3 Å². The topological polar surface area (TPSA) is 69.7 Å². The van der Waals surface area contributed by atoms with Crippen LogP contribution in [0.15, 0.2) is 70.0 Å². The smallest absolute Gasteiger partial charge is 0.434 e. The number of hydrogen-bond acceptors (Lipinski definition) is 6. The molecule has 1 heterocycles. The minimum Gasteiger partial charge on any atom is -0.434 e. The first-order valence-corrected chi connectivity index (χ1v) is 9.75. The number of carbonyl (C=O) groups is 3. The van der Waals surface area contributed by atoms with Gasteiger partial charge in [0.25, 0.3) is 0 Å². The molecule has 3 aliphatic carbocycles. The Bertz CT molecular complexity index is 840. The fourth-order valence-electron chi connectivity index (χ4n) is 3.47. The number of allylic oxidation sites excluding steroid dienone is 7. The van der Waals surface area contributed by atoms with Gasteiger partial charge >= 0.3 is 12.1 Å². The lowest BCUT2D eigenvalue weighted by atomic mass is 9.75. The minimum absolute atomic E-state index is 0.108. The standard InChI is InChI=1S/C17H16O5.C4H4S/c1-2-21-16(20)22-15(19)17(10-4-7-14(17)18)13-9-8-11-5-3-6-12(11)13;1-2-4-5-3-1/h3,5-6,8-9H,2,4,7,10H2,1H3;1-4H. The average Bonchev–Trinajstić information content (AvgIpc) is 3.41. The summed E-state index contributed by atoms with van der Waals surface area (Å²) in [5, 5.41) is 4.08. The van der Waals surface area contributed by atoms with Crippen molar-refractivity contribution in [3.63, 3.8) is 0 Å². The quantitative estimate of drug-likeness (QED) is 0.565. The second kappa shape index (κ2) is 8.31. The van der Waals surface area contributed by atoms with Gasteiger partial charge in [-0.1, -0.05) is 42.5 Å². The van der Waals surface area contributed by atoms with Gasteiger partial charge in [-0.15, -0.1) is 0 Å². The highest BCUT2D eigenvalue weighted by atomic mass is 32.1. The summed E-state index contributed by atoms with van der Waals surface area (Å²) in [7, 11) is 0. The highest BCUT2D eigenvalue weighted by Gasteiger charge is 2.55. The van der Waals surface area contributed by atoms with E-state index in [0.29, 0.717) is 24.8 Å². The summed E-state index contributed by atoms with van der Waals surface area (Å²) in [6, 6.07) is 4.04. The molecule has 0 aliphatic heterocycles. The Kier molecular flexibility index (Phi) is 5.86. The van der Waals surface area contributed by atoms with Crippen LogP contribution < -0.4 is 0 Å². The molecule has 4 rings (SSSR count). The van der Waals surface area contributed by atoms with Crippen LogP contribution in [0.25, 0.3) is 0 Å². The molecule has 140 valence electrons. The normalized spacial score (nSPS) is 22.3. The van der Waals surface area contributed by atoms with Crippen LogP contribution in [-0.2, 0) is 19.1 Å². The molecule has 0 radical (unpaired) electrons. The maximum atomic E-state index is 12.6. The molecule has 0 N–H and O–H groups in total. The van der Waals surface area contributed by atoms with Gasteiger partial charge in [0.1, 0.15) is 0 Å². The third kappa shape index (κ3) is 3.71. The zero-order valence-corrected chi connectivity index (χ0v) is 15.8. The van der Waals surface area contributed by atoms with Crippen LogP contribution in [0.4, 0.5) is 4.79 Å². The highest BCUT2D eigenvalue weighted by Crippen LogP contribution is 2.49.